The highest BCUT2D eigenvalue weighted by Crippen LogP contribution is 2.24. The molecule has 0 saturated carbocycles. The maximum atomic E-state index is 9.82. The van der Waals surface area contributed by atoms with Gasteiger partial charge in [-0.2, -0.15) is 15.0 Å². The van der Waals surface area contributed by atoms with Crippen LogP contribution < -0.4 is 4.90 Å². The van der Waals surface area contributed by atoms with Gasteiger partial charge in [0.2, 0.25) is 16.5 Å². The molecule has 1 N–H and O–H groups in total. The van der Waals surface area contributed by atoms with Gasteiger partial charge in [0.1, 0.15) is 0 Å². The molecule has 0 radical (unpaired) electrons. The molecule has 0 amide bonds. The molecule has 2 rings (SSSR count). The summed E-state index contributed by atoms with van der Waals surface area (Å²) < 4.78 is 0. The van der Waals surface area contributed by atoms with Crippen molar-refractivity contribution >= 4 is 29.2 Å². The van der Waals surface area contributed by atoms with Crippen LogP contribution in [0.5, 0.6) is 0 Å². The molecule has 0 bridgehead atoms. The Hall–Kier alpha value is -0.650. The molecule has 2 heterocycles. The number of piperidine rings is 1. The van der Waals surface area contributed by atoms with E-state index in [0.29, 0.717) is 31.9 Å². The lowest BCUT2D eigenvalue weighted by Gasteiger charge is -2.35. The van der Waals surface area contributed by atoms with Gasteiger partial charge in [0.05, 0.1) is 5.60 Å². The van der Waals surface area contributed by atoms with Crippen LogP contribution in [0.25, 0.3) is 0 Å². The van der Waals surface area contributed by atoms with E-state index in [1.807, 2.05) is 11.8 Å². The fourth-order valence-electron chi connectivity index (χ4n) is 1.65. The highest BCUT2D eigenvalue weighted by Gasteiger charge is 2.28. The Labute approximate surface area is 103 Å². The molecular formula is C9H12Cl2N4O. The summed E-state index contributed by atoms with van der Waals surface area (Å²) in [5.74, 6) is 0.473. The molecule has 1 aliphatic heterocycles. The summed E-state index contributed by atoms with van der Waals surface area (Å²) in [6, 6.07) is 0. The van der Waals surface area contributed by atoms with E-state index >= 15 is 0 Å². The van der Waals surface area contributed by atoms with Crippen LogP contribution in [0.2, 0.25) is 10.6 Å². The molecule has 1 aromatic rings. The van der Waals surface area contributed by atoms with Gasteiger partial charge in [0, 0.05) is 13.1 Å². The van der Waals surface area contributed by atoms with Gasteiger partial charge in [-0.3, -0.25) is 0 Å². The molecular weight excluding hydrogens is 251 g/mol. The Morgan fingerprint density at radius 1 is 1.12 bits per heavy atom. The van der Waals surface area contributed by atoms with E-state index in [0.717, 1.165) is 0 Å². The number of aliphatic hydroxyl groups is 1. The topological polar surface area (TPSA) is 62.1 Å². The molecule has 1 fully saturated rings. The minimum Gasteiger partial charge on any atom is -0.390 e. The number of rotatable bonds is 1. The van der Waals surface area contributed by atoms with Gasteiger partial charge in [0.25, 0.3) is 0 Å². The summed E-state index contributed by atoms with van der Waals surface area (Å²) in [5, 5.41) is 10.00. The Kier molecular flexibility index (Phi) is 3.19. The number of halogens is 2. The van der Waals surface area contributed by atoms with Crippen molar-refractivity contribution in [2.75, 3.05) is 18.0 Å². The summed E-state index contributed by atoms with van der Waals surface area (Å²) in [6.45, 7) is 3.20. The van der Waals surface area contributed by atoms with E-state index in [2.05, 4.69) is 15.0 Å². The first kappa shape index (κ1) is 11.8. The molecule has 88 valence electrons. The number of anilines is 1. The van der Waals surface area contributed by atoms with Crippen molar-refractivity contribution in [2.24, 2.45) is 0 Å². The first-order valence-corrected chi connectivity index (χ1v) is 5.76. The fraction of sp³-hybridized carbons (Fsp3) is 0.667. The van der Waals surface area contributed by atoms with Crippen molar-refractivity contribution in [1.29, 1.82) is 0 Å². The highest BCUT2D eigenvalue weighted by atomic mass is 35.5. The third-order valence-electron chi connectivity index (χ3n) is 2.69. The number of aromatic nitrogens is 3. The van der Waals surface area contributed by atoms with Crippen molar-refractivity contribution in [3.63, 3.8) is 0 Å². The average Bonchev–Trinajstić information content (AvgIpc) is 2.15. The maximum absolute atomic E-state index is 9.82. The minimum atomic E-state index is -0.600. The Morgan fingerprint density at radius 2 is 1.62 bits per heavy atom. The van der Waals surface area contributed by atoms with Crippen LogP contribution in [0.1, 0.15) is 19.8 Å². The van der Waals surface area contributed by atoms with E-state index in [1.54, 1.807) is 0 Å². The highest BCUT2D eigenvalue weighted by molar-refractivity contribution is 6.31. The molecule has 1 aliphatic rings. The molecule has 1 saturated heterocycles. The zero-order valence-corrected chi connectivity index (χ0v) is 10.3. The molecule has 1 aromatic heterocycles. The lowest BCUT2D eigenvalue weighted by atomic mass is 9.94. The first-order chi connectivity index (χ1) is 7.46. The zero-order chi connectivity index (χ0) is 11.8. The Bertz CT molecular complexity index is 369. The first-order valence-electron chi connectivity index (χ1n) is 5.01. The van der Waals surface area contributed by atoms with Crippen LogP contribution in [0.4, 0.5) is 5.95 Å². The molecule has 16 heavy (non-hydrogen) atoms. The molecule has 0 aromatic carbocycles. The number of hydrogen-bond acceptors (Lipinski definition) is 5. The second kappa shape index (κ2) is 4.31. The van der Waals surface area contributed by atoms with Crippen molar-refractivity contribution in [1.82, 2.24) is 15.0 Å². The maximum Gasteiger partial charge on any atom is 0.230 e. The van der Waals surface area contributed by atoms with E-state index in [-0.39, 0.29) is 10.6 Å². The van der Waals surface area contributed by atoms with Crippen LogP contribution in [0.3, 0.4) is 0 Å². The lowest BCUT2D eigenvalue weighted by Crippen LogP contribution is -2.43. The summed E-state index contributed by atoms with van der Waals surface area (Å²) in [6.07, 6.45) is 1.35. The van der Waals surface area contributed by atoms with Crippen molar-refractivity contribution in [2.45, 2.75) is 25.4 Å². The fourth-order valence-corrected chi connectivity index (χ4v) is 2.00. The van der Waals surface area contributed by atoms with Crippen LogP contribution in [0, 0.1) is 0 Å². The average molecular weight is 263 g/mol. The molecule has 0 unspecified atom stereocenters. The van der Waals surface area contributed by atoms with Gasteiger partial charge in [-0.05, 0) is 43.0 Å². The van der Waals surface area contributed by atoms with Gasteiger partial charge in [-0.15, -0.1) is 0 Å². The monoisotopic (exact) mass is 262 g/mol. The molecule has 0 spiro atoms. The summed E-state index contributed by atoms with van der Waals surface area (Å²) >= 11 is 11.4. The molecule has 0 atom stereocenters. The second-order valence-corrected chi connectivity index (χ2v) is 4.83. The smallest absolute Gasteiger partial charge is 0.230 e. The van der Waals surface area contributed by atoms with Crippen molar-refractivity contribution in [3.05, 3.63) is 10.6 Å². The van der Waals surface area contributed by atoms with Crippen molar-refractivity contribution in [3.8, 4) is 0 Å². The van der Waals surface area contributed by atoms with Gasteiger partial charge in [-0.1, -0.05) is 0 Å². The zero-order valence-electron chi connectivity index (χ0n) is 8.82. The molecule has 5 nitrogen and oxygen atoms in total. The third kappa shape index (κ3) is 2.72. The minimum absolute atomic E-state index is 0.0901. The van der Waals surface area contributed by atoms with E-state index in [9.17, 15) is 5.11 Å². The third-order valence-corrected chi connectivity index (χ3v) is 3.03. The van der Waals surface area contributed by atoms with Gasteiger partial charge < -0.3 is 10.0 Å². The van der Waals surface area contributed by atoms with E-state index in [1.165, 1.54) is 0 Å². The Balaban J connectivity index is 2.14. The van der Waals surface area contributed by atoms with Crippen LogP contribution >= 0.6 is 23.2 Å². The van der Waals surface area contributed by atoms with Crippen LogP contribution in [-0.4, -0.2) is 38.7 Å². The predicted octanol–water partition coefficient (Wildman–Crippen LogP) is 1.53. The largest absolute Gasteiger partial charge is 0.390 e. The standard InChI is InChI=1S/C9H12Cl2N4O/c1-9(16)2-4-15(5-3-9)8-13-6(10)12-7(11)14-8/h16H,2-5H2,1H3. The number of nitrogens with zero attached hydrogens (tertiary/aromatic N) is 4. The molecule has 7 heteroatoms. The summed E-state index contributed by atoms with van der Waals surface area (Å²) in [7, 11) is 0. The van der Waals surface area contributed by atoms with Gasteiger partial charge >= 0.3 is 0 Å². The second-order valence-electron chi connectivity index (χ2n) is 4.16. The van der Waals surface area contributed by atoms with Crippen LogP contribution in [0.15, 0.2) is 0 Å². The summed E-state index contributed by atoms with van der Waals surface area (Å²) in [4.78, 5) is 13.6. The van der Waals surface area contributed by atoms with E-state index < -0.39 is 5.60 Å². The SMILES string of the molecule is CC1(O)CCN(c2nc(Cl)nc(Cl)n2)CC1. The number of hydrogen-bond donors (Lipinski definition) is 1. The van der Waals surface area contributed by atoms with Crippen LogP contribution in [-0.2, 0) is 0 Å². The lowest BCUT2D eigenvalue weighted by molar-refractivity contribution is 0.0349. The molecule has 0 aliphatic carbocycles. The van der Waals surface area contributed by atoms with Crippen molar-refractivity contribution < 1.29 is 5.11 Å². The predicted molar refractivity (Wildman–Crippen MR) is 61.9 cm³/mol. The van der Waals surface area contributed by atoms with Gasteiger partial charge in [0.15, 0.2) is 0 Å². The quantitative estimate of drug-likeness (QED) is 0.832. The Morgan fingerprint density at radius 3 is 2.12 bits per heavy atom. The van der Waals surface area contributed by atoms with Gasteiger partial charge in [-0.25, -0.2) is 0 Å². The summed E-state index contributed by atoms with van der Waals surface area (Å²) in [5.41, 5.74) is -0.600. The normalized spacial score (nSPS) is 19.9. The van der Waals surface area contributed by atoms with E-state index in [4.69, 9.17) is 23.2 Å².